The van der Waals surface area contributed by atoms with E-state index in [1.54, 1.807) is 12.4 Å². The predicted octanol–water partition coefficient (Wildman–Crippen LogP) is 1.72. The molecule has 1 unspecified atom stereocenters. The smallest absolute Gasteiger partial charge is 0.234 e. The average molecular weight is 265 g/mol. The predicted molar refractivity (Wildman–Crippen MR) is 74.4 cm³/mol. The highest BCUT2D eigenvalue weighted by molar-refractivity contribution is 5.38. The first-order valence-corrected chi connectivity index (χ1v) is 6.99. The van der Waals surface area contributed by atoms with Gasteiger partial charge < -0.3 is 14.7 Å². The van der Waals surface area contributed by atoms with Crippen LogP contribution in [0.1, 0.15) is 26.7 Å². The molecule has 1 saturated heterocycles. The summed E-state index contributed by atoms with van der Waals surface area (Å²) in [4.78, 5) is 10.9. The molecule has 1 aliphatic rings. The van der Waals surface area contributed by atoms with Crippen molar-refractivity contribution < 1.29 is 9.84 Å². The Labute approximate surface area is 114 Å². The van der Waals surface area contributed by atoms with E-state index in [4.69, 9.17) is 9.84 Å². The summed E-state index contributed by atoms with van der Waals surface area (Å²) < 4.78 is 5.60. The third-order valence-electron chi connectivity index (χ3n) is 3.31. The van der Waals surface area contributed by atoms with E-state index in [9.17, 15) is 0 Å². The second-order valence-corrected chi connectivity index (χ2v) is 5.53. The summed E-state index contributed by atoms with van der Waals surface area (Å²) >= 11 is 0. The van der Waals surface area contributed by atoms with Crippen molar-refractivity contribution in [2.75, 3.05) is 31.2 Å². The molecule has 0 saturated carbocycles. The molecule has 1 aromatic heterocycles. The molecule has 1 atom stereocenters. The van der Waals surface area contributed by atoms with Crippen LogP contribution in [0.5, 0.6) is 5.88 Å². The number of hydrogen-bond donors (Lipinski definition) is 1. The second kappa shape index (κ2) is 6.70. The van der Waals surface area contributed by atoms with Gasteiger partial charge in [-0.3, -0.25) is 4.98 Å². The van der Waals surface area contributed by atoms with Gasteiger partial charge in [0, 0.05) is 19.7 Å². The minimum Gasteiger partial charge on any atom is -0.476 e. The zero-order chi connectivity index (χ0) is 13.7. The van der Waals surface area contributed by atoms with Gasteiger partial charge in [0.05, 0.1) is 19.0 Å². The summed E-state index contributed by atoms with van der Waals surface area (Å²) in [6.07, 6.45) is 5.42. The van der Waals surface area contributed by atoms with Crippen molar-refractivity contribution in [1.29, 1.82) is 0 Å². The van der Waals surface area contributed by atoms with Crippen molar-refractivity contribution >= 4 is 5.82 Å². The van der Waals surface area contributed by atoms with Crippen molar-refractivity contribution in [2.45, 2.75) is 26.7 Å². The van der Waals surface area contributed by atoms with Crippen LogP contribution in [-0.4, -0.2) is 41.4 Å². The topological polar surface area (TPSA) is 58.5 Å². The van der Waals surface area contributed by atoms with E-state index in [2.05, 4.69) is 28.7 Å². The molecule has 2 rings (SSSR count). The normalized spacial score (nSPS) is 19.2. The molecule has 1 N–H and O–H groups in total. The molecular formula is C14H23N3O2. The van der Waals surface area contributed by atoms with Crippen LogP contribution in [0, 0.1) is 11.8 Å². The Bertz CT molecular complexity index is 398. The lowest BCUT2D eigenvalue weighted by Crippen LogP contribution is -2.21. The zero-order valence-electron chi connectivity index (χ0n) is 11.7. The maximum Gasteiger partial charge on any atom is 0.234 e. The molecule has 0 aliphatic carbocycles. The molecule has 5 nitrogen and oxygen atoms in total. The lowest BCUT2D eigenvalue weighted by Gasteiger charge is -2.17. The molecule has 1 aliphatic heterocycles. The van der Waals surface area contributed by atoms with Crippen molar-refractivity contribution in [3.05, 3.63) is 12.4 Å². The molecule has 5 heteroatoms. The highest BCUT2D eigenvalue weighted by atomic mass is 16.5. The summed E-state index contributed by atoms with van der Waals surface area (Å²) in [7, 11) is 0. The molecule has 106 valence electrons. The van der Waals surface area contributed by atoms with Gasteiger partial charge in [-0.25, -0.2) is 0 Å². The molecule has 0 amide bonds. The standard InChI is InChI=1S/C14H23N3O2/c1-11(2)10-19-14-8-15-7-13(16-14)17-5-3-12(9-17)4-6-18/h7-8,11-12,18H,3-6,9-10H2,1-2H3. The van der Waals surface area contributed by atoms with Gasteiger partial charge in [0.25, 0.3) is 0 Å². The molecular weight excluding hydrogens is 242 g/mol. The van der Waals surface area contributed by atoms with E-state index in [0.717, 1.165) is 31.7 Å². The minimum atomic E-state index is 0.266. The van der Waals surface area contributed by atoms with Gasteiger partial charge in [0.1, 0.15) is 0 Å². The van der Waals surface area contributed by atoms with Crippen LogP contribution in [0.15, 0.2) is 12.4 Å². The van der Waals surface area contributed by atoms with Crippen LogP contribution >= 0.6 is 0 Å². The highest BCUT2D eigenvalue weighted by Crippen LogP contribution is 2.24. The fraction of sp³-hybridized carbons (Fsp3) is 0.714. The SMILES string of the molecule is CC(C)COc1cncc(N2CCC(CCO)C2)n1. The number of aliphatic hydroxyl groups excluding tert-OH is 1. The van der Waals surface area contributed by atoms with Gasteiger partial charge in [0.15, 0.2) is 5.82 Å². The quantitative estimate of drug-likeness (QED) is 0.848. The maximum absolute atomic E-state index is 8.98. The Kier molecular flexibility index (Phi) is 4.96. The van der Waals surface area contributed by atoms with Crippen LogP contribution in [0.3, 0.4) is 0 Å². The van der Waals surface area contributed by atoms with Gasteiger partial charge in [-0.1, -0.05) is 13.8 Å². The van der Waals surface area contributed by atoms with Crippen molar-refractivity contribution in [3.8, 4) is 5.88 Å². The number of anilines is 1. The largest absolute Gasteiger partial charge is 0.476 e. The van der Waals surface area contributed by atoms with Crippen molar-refractivity contribution in [3.63, 3.8) is 0 Å². The number of aliphatic hydroxyl groups is 1. The molecule has 0 spiro atoms. The van der Waals surface area contributed by atoms with Crippen LogP contribution < -0.4 is 9.64 Å². The first kappa shape index (κ1) is 14.1. The van der Waals surface area contributed by atoms with Crippen molar-refractivity contribution in [2.24, 2.45) is 11.8 Å². The fourth-order valence-corrected chi connectivity index (χ4v) is 2.27. The Hall–Kier alpha value is -1.36. The third kappa shape index (κ3) is 4.06. The zero-order valence-corrected chi connectivity index (χ0v) is 11.7. The summed E-state index contributed by atoms with van der Waals surface area (Å²) in [6, 6.07) is 0. The van der Waals surface area contributed by atoms with Crippen LogP contribution in [-0.2, 0) is 0 Å². The van der Waals surface area contributed by atoms with Gasteiger partial charge in [0.2, 0.25) is 5.88 Å². The average Bonchev–Trinajstić information content (AvgIpc) is 2.86. The summed E-state index contributed by atoms with van der Waals surface area (Å²) in [5.74, 6) is 2.51. The van der Waals surface area contributed by atoms with E-state index in [-0.39, 0.29) is 6.61 Å². The molecule has 0 radical (unpaired) electrons. The lowest BCUT2D eigenvalue weighted by atomic mass is 10.1. The Morgan fingerprint density at radius 2 is 2.32 bits per heavy atom. The van der Waals surface area contributed by atoms with E-state index in [1.807, 2.05) is 0 Å². The van der Waals surface area contributed by atoms with Crippen LogP contribution in [0.25, 0.3) is 0 Å². The van der Waals surface area contributed by atoms with Crippen LogP contribution in [0.4, 0.5) is 5.82 Å². The summed E-state index contributed by atoms with van der Waals surface area (Å²) in [6.45, 7) is 7.07. The Morgan fingerprint density at radius 1 is 1.47 bits per heavy atom. The van der Waals surface area contributed by atoms with Gasteiger partial charge in [-0.15, -0.1) is 0 Å². The third-order valence-corrected chi connectivity index (χ3v) is 3.31. The monoisotopic (exact) mass is 265 g/mol. The van der Waals surface area contributed by atoms with E-state index in [0.29, 0.717) is 24.3 Å². The Balaban J connectivity index is 1.95. The van der Waals surface area contributed by atoms with Gasteiger partial charge in [-0.05, 0) is 24.7 Å². The van der Waals surface area contributed by atoms with Crippen molar-refractivity contribution in [1.82, 2.24) is 9.97 Å². The number of nitrogens with zero attached hydrogens (tertiary/aromatic N) is 3. The molecule has 2 heterocycles. The molecule has 1 aromatic rings. The summed E-state index contributed by atoms with van der Waals surface area (Å²) in [5.41, 5.74) is 0. The molecule has 0 aromatic carbocycles. The van der Waals surface area contributed by atoms with E-state index >= 15 is 0 Å². The first-order valence-electron chi connectivity index (χ1n) is 6.99. The number of hydrogen-bond acceptors (Lipinski definition) is 5. The number of aromatic nitrogens is 2. The van der Waals surface area contributed by atoms with E-state index < -0.39 is 0 Å². The summed E-state index contributed by atoms with van der Waals surface area (Å²) in [5, 5.41) is 8.98. The maximum atomic E-state index is 8.98. The molecule has 19 heavy (non-hydrogen) atoms. The van der Waals surface area contributed by atoms with Gasteiger partial charge in [-0.2, -0.15) is 4.98 Å². The fourth-order valence-electron chi connectivity index (χ4n) is 2.27. The second-order valence-electron chi connectivity index (χ2n) is 5.53. The van der Waals surface area contributed by atoms with Crippen LogP contribution in [0.2, 0.25) is 0 Å². The molecule has 1 fully saturated rings. The minimum absolute atomic E-state index is 0.266. The lowest BCUT2D eigenvalue weighted by molar-refractivity contribution is 0.260. The highest BCUT2D eigenvalue weighted by Gasteiger charge is 2.23. The van der Waals surface area contributed by atoms with E-state index in [1.165, 1.54) is 0 Å². The first-order chi connectivity index (χ1) is 9.19. The Morgan fingerprint density at radius 3 is 3.05 bits per heavy atom. The number of rotatable bonds is 6. The molecule has 0 bridgehead atoms. The number of ether oxygens (including phenoxy) is 1. The van der Waals surface area contributed by atoms with Gasteiger partial charge >= 0.3 is 0 Å².